The molecule has 42 heavy (non-hydrogen) atoms. The lowest BCUT2D eigenvalue weighted by molar-refractivity contribution is 0.667. The van der Waals surface area contributed by atoms with E-state index in [2.05, 4.69) is 105 Å². The predicted molar refractivity (Wildman–Crippen MR) is 185 cm³/mol. The van der Waals surface area contributed by atoms with E-state index in [1.54, 1.807) is 0 Å². The Labute approximate surface area is 253 Å². The van der Waals surface area contributed by atoms with E-state index >= 15 is 0 Å². The highest BCUT2D eigenvalue weighted by Crippen LogP contribution is 2.20. The van der Waals surface area contributed by atoms with Crippen molar-refractivity contribution < 1.29 is 0 Å². The first-order valence-corrected chi connectivity index (χ1v) is 15.8. The second kappa shape index (κ2) is 17.0. The first-order chi connectivity index (χ1) is 20.7. The molecule has 2 nitrogen and oxygen atoms in total. The van der Waals surface area contributed by atoms with E-state index in [0.29, 0.717) is 0 Å². The molecule has 0 bridgehead atoms. The number of pyridine rings is 1. The van der Waals surface area contributed by atoms with Crippen LogP contribution >= 0.6 is 0 Å². The molecule has 0 atom stereocenters. The van der Waals surface area contributed by atoms with Gasteiger partial charge in [-0.2, -0.15) is 0 Å². The van der Waals surface area contributed by atoms with Gasteiger partial charge in [-0.05, 0) is 82.8 Å². The average Bonchev–Trinajstić information content (AvgIpc) is 3.03. The van der Waals surface area contributed by atoms with Crippen molar-refractivity contribution in [3.63, 3.8) is 0 Å². The number of hydrogen-bond donors (Lipinski definition) is 1. The minimum Gasteiger partial charge on any atom is -0.308 e. The van der Waals surface area contributed by atoms with Crippen molar-refractivity contribution in [3.05, 3.63) is 124 Å². The van der Waals surface area contributed by atoms with Crippen LogP contribution in [0.1, 0.15) is 98.6 Å². The molecule has 0 aliphatic rings. The molecule has 0 radical (unpaired) electrons. The maximum absolute atomic E-state index is 7.92. The van der Waals surface area contributed by atoms with Gasteiger partial charge < -0.3 is 5.41 Å². The fourth-order valence-corrected chi connectivity index (χ4v) is 5.15. The number of unbranched alkanes of at least 4 members (excludes halogenated alkanes) is 6. The van der Waals surface area contributed by atoms with Crippen molar-refractivity contribution in [2.75, 3.05) is 0 Å². The third-order valence-corrected chi connectivity index (χ3v) is 7.76. The Kier molecular flexibility index (Phi) is 12.5. The molecule has 0 saturated heterocycles. The van der Waals surface area contributed by atoms with Crippen molar-refractivity contribution in [1.29, 1.82) is 5.41 Å². The van der Waals surface area contributed by atoms with Crippen LogP contribution < -0.4 is 0 Å². The Bertz CT molecular complexity index is 1490. The van der Waals surface area contributed by atoms with Gasteiger partial charge in [0.25, 0.3) is 0 Å². The molecule has 0 aliphatic carbocycles. The zero-order chi connectivity index (χ0) is 29.4. The van der Waals surface area contributed by atoms with Gasteiger partial charge >= 0.3 is 0 Å². The van der Waals surface area contributed by atoms with E-state index in [-0.39, 0.29) is 0 Å². The Balaban J connectivity index is 1.36. The lowest BCUT2D eigenvalue weighted by atomic mass is 10.0. The predicted octanol–water partition coefficient (Wildman–Crippen LogP) is 11.4. The van der Waals surface area contributed by atoms with Crippen LogP contribution in [0.25, 0.3) is 35.2 Å². The van der Waals surface area contributed by atoms with Gasteiger partial charge in [0.1, 0.15) is 0 Å². The van der Waals surface area contributed by atoms with Crippen LogP contribution in [0.15, 0.2) is 90.6 Å². The number of nitrogens with zero attached hydrogens (tertiary/aromatic N) is 1. The highest BCUT2D eigenvalue weighted by atomic mass is 14.6. The minimum atomic E-state index is 0.851. The summed E-state index contributed by atoms with van der Waals surface area (Å²) in [4.78, 5) is 4.73. The summed E-state index contributed by atoms with van der Waals surface area (Å²) >= 11 is 0. The maximum atomic E-state index is 7.92. The second-order valence-electron chi connectivity index (χ2n) is 11.3. The molecule has 0 aliphatic heterocycles. The van der Waals surface area contributed by atoms with Crippen molar-refractivity contribution in [2.24, 2.45) is 0 Å². The third-order valence-electron chi connectivity index (χ3n) is 7.76. The largest absolute Gasteiger partial charge is 0.308 e. The molecule has 1 heterocycles. The molecule has 0 fully saturated rings. The molecule has 0 spiro atoms. The lowest BCUT2D eigenvalue weighted by Crippen LogP contribution is -1.86. The maximum Gasteiger partial charge on any atom is 0.0708 e. The number of allylic oxidation sites excluding steroid dienone is 2. The summed E-state index contributed by atoms with van der Waals surface area (Å²) in [6, 6.07) is 26.2. The van der Waals surface area contributed by atoms with Crippen molar-refractivity contribution >= 4 is 41.4 Å². The van der Waals surface area contributed by atoms with Crippen molar-refractivity contribution in [1.82, 2.24) is 4.98 Å². The van der Waals surface area contributed by atoms with E-state index in [4.69, 9.17) is 10.4 Å². The fourth-order valence-electron chi connectivity index (χ4n) is 5.15. The smallest absolute Gasteiger partial charge is 0.0708 e. The van der Waals surface area contributed by atoms with Gasteiger partial charge in [-0.15, -0.1) is 0 Å². The van der Waals surface area contributed by atoms with E-state index < -0.39 is 0 Å². The minimum absolute atomic E-state index is 0.851. The monoisotopic (exact) mass is 554 g/mol. The highest BCUT2D eigenvalue weighted by Gasteiger charge is 2.00. The average molecular weight is 555 g/mol. The van der Waals surface area contributed by atoms with Gasteiger partial charge in [0.15, 0.2) is 0 Å². The summed E-state index contributed by atoms with van der Waals surface area (Å²) in [6.07, 6.45) is 26.4. The first-order valence-electron chi connectivity index (χ1n) is 15.8. The number of fused-ring (bicyclic) bond motifs is 1. The molecule has 4 rings (SSSR count). The van der Waals surface area contributed by atoms with Gasteiger partial charge in [0.05, 0.1) is 5.52 Å². The number of aryl methyl sites for hydroxylation is 2. The lowest BCUT2D eigenvalue weighted by Gasteiger charge is -2.03. The number of nitrogens with one attached hydrogen (secondary N) is 1. The third kappa shape index (κ3) is 10.1. The Morgan fingerprint density at radius 2 is 1.19 bits per heavy atom. The Morgan fingerprint density at radius 3 is 1.79 bits per heavy atom. The molecule has 0 unspecified atom stereocenters. The van der Waals surface area contributed by atoms with E-state index in [9.17, 15) is 0 Å². The molecular weight excluding hydrogens is 508 g/mol. The SMILES string of the molecule is CCCCCCc1ccc(/C=C/C(C=N)=C/c2ccc3cc(/C=C/c4ccc(CCCCCC)cc4)cnc3c2)cc1. The molecule has 0 saturated carbocycles. The topological polar surface area (TPSA) is 36.7 Å². The Morgan fingerprint density at radius 1 is 0.619 bits per heavy atom. The molecule has 1 aromatic heterocycles. The van der Waals surface area contributed by atoms with Gasteiger partial charge in [0, 0.05) is 17.8 Å². The van der Waals surface area contributed by atoms with Crippen molar-refractivity contribution in [2.45, 2.75) is 78.1 Å². The van der Waals surface area contributed by atoms with Crippen LogP contribution in [-0.4, -0.2) is 11.2 Å². The zero-order valence-electron chi connectivity index (χ0n) is 25.5. The zero-order valence-corrected chi connectivity index (χ0v) is 25.5. The molecular formula is C40H46N2. The summed E-state index contributed by atoms with van der Waals surface area (Å²) in [7, 11) is 0. The molecule has 2 heteroatoms. The second-order valence-corrected chi connectivity index (χ2v) is 11.3. The van der Waals surface area contributed by atoms with Crippen LogP contribution in [0.2, 0.25) is 0 Å². The van der Waals surface area contributed by atoms with Crippen LogP contribution in [0.3, 0.4) is 0 Å². The van der Waals surface area contributed by atoms with Gasteiger partial charge in [0.2, 0.25) is 0 Å². The first kappa shape index (κ1) is 30.9. The molecule has 4 aromatic rings. The molecule has 216 valence electrons. The quantitative estimate of drug-likeness (QED) is 0.0834. The van der Waals surface area contributed by atoms with Crippen LogP contribution in [0.5, 0.6) is 0 Å². The van der Waals surface area contributed by atoms with Crippen LogP contribution in [-0.2, 0) is 12.8 Å². The van der Waals surface area contributed by atoms with E-state index in [0.717, 1.165) is 39.6 Å². The fraction of sp³-hybridized carbons (Fsp3) is 0.300. The summed E-state index contributed by atoms with van der Waals surface area (Å²) < 4.78 is 0. The summed E-state index contributed by atoms with van der Waals surface area (Å²) in [5.74, 6) is 0. The van der Waals surface area contributed by atoms with Gasteiger partial charge in [-0.25, -0.2) is 0 Å². The molecule has 3 aromatic carbocycles. The molecule has 1 N–H and O–H groups in total. The number of aromatic nitrogens is 1. The van der Waals surface area contributed by atoms with Crippen LogP contribution in [0, 0.1) is 5.41 Å². The van der Waals surface area contributed by atoms with E-state index in [1.165, 1.54) is 80.7 Å². The number of rotatable bonds is 16. The molecule has 0 amide bonds. The van der Waals surface area contributed by atoms with E-state index in [1.807, 2.05) is 18.3 Å². The highest BCUT2D eigenvalue weighted by molar-refractivity contribution is 5.91. The van der Waals surface area contributed by atoms with Crippen LogP contribution in [0.4, 0.5) is 0 Å². The Hall–Kier alpha value is -4.04. The summed E-state index contributed by atoms with van der Waals surface area (Å²) in [6.45, 7) is 4.51. The summed E-state index contributed by atoms with van der Waals surface area (Å²) in [5.41, 5.74) is 9.11. The summed E-state index contributed by atoms with van der Waals surface area (Å²) in [5, 5.41) is 9.03. The number of hydrogen-bond acceptors (Lipinski definition) is 2. The number of benzene rings is 3. The normalized spacial score (nSPS) is 12.1. The standard InChI is InChI=1S/C40H46N2/c1-3-5-7-9-11-32-13-17-34(18-14-32)21-23-37(30-41)27-36-25-26-39-28-38(31-42-40(39)29-36)24-22-35-19-15-33(16-20-35)12-10-8-6-4-2/h13-31,41H,3-12H2,1-2H3/b23-21+,24-22+,37-27-,41-30?. The van der Waals surface area contributed by atoms with Crippen molar-refractivity contribution in [3.8, 4) is 0 Å². The van der Waals surface area contributed by atoms with Gasteiger partial charge in [-0.3, -0.25) is 4.98 Å². The van der Waals surface area contributed by atoms with Gasteiger partial charge in [-0.1, -0.05) is 137 Å².